The molecule has 29 heavy (non-hydrogen) atoms. The number of hydrogen-bond acceptors (Lipinski definition) is 4. The van der Waals surface area contributed by atoms with Crippen LogP contribution in [0.1, 0.15) is 34.7 Å². The molecule has 1 aliphatic rings. The summed E-state index contributed by atoms with van der Waals surface area (Å²) in [6.07, 6.45) is 0.411. The van der Waals surface area contributed by atoms with Crippen LogP contribution < -0.4 is 10.2 Å². The fourth-order valence-electron chi connectivity index (χ4n) is 3.56. The van der Waals surface area contributed by atoms with E-state index < -0.39 is 11.9 Å². The molecule has 3 aromatic heterocycles. The first kappa shape index (κ1) is 19.2. The number of nitrogens with zero attached hydrogens (tertiary/aromatic N) is 4. The van der Waals surface area contributed by atoms with Crippen LogP contribution in [-0.2, 0) is 6.18 Å². The van der Waals surface area contributed by atoms with Gasteiger partial charge in [-0.2, -0.15) is 13.2 Å². The van der Waals surface area contributed by atoms with Crippen molar-refractivity contribution in [2.75, 3.05) is 18.0 Å². The molecule has 4 rings (SSSR count). The second kappa shape index (κ2) is 7.38. The van der Waals surface area contributed by atoms with Crippen LogP contribution >= 0.6 is 0 Å². The maximum absolute atomic E-state index is 13.0. The predicted octanol–water partition coefficient (Wildman–Crippen LogP) is 3.46. The number of anilines is 1. The van der Waals surface area contributed by atoms with Crippen LogP contribution in [0.4, 0.5) is 19.0 Å². The van der Waals surface area contributed by atoms with Crippen molar-refractivity contribution in [3.8, 4) is 0 Å². The van der Waals surface area contributed by atoms with Crippen molar-refractivity contribution in [2.45, 2.75) is 32.0 Å². The molecule has 0 saturated carbocycles. The second-order valence-electron chi connectivity index (χ2n) is 7.15. The molecule has 0 atom stereocenters. The topological polar surface area (TPSA) is 62.5 Å². The van der Waals surface area contributed by atoms with Crippen molar-refractivity contribution in [3.05, 3.63) is 59.8 Å². The Morgan fingerprint density at radius 3 is 2.62 bits per heavy atom. The normalized spacial score (nSPS) is 15.7. The summed E-state index contributed by atoms with van der Waals surface area (Å²) in [6, 6.07) is 8.50. The van der Waals surface area contributed by atoms with Crippen LogP contribution in [0.25, 0.3) is 5.52 Å². The Balaban J connectivity index is 1.39. The zero-order chi connectivity index (χ0) is 20.6. The molecular weight excluding hydrogens is 383 g/mol. The van der Waals surface area contributed by atoms with Crippen LogP contribution in [-0.4, -0.2) is 39.4 Å². The molecule has 1 aliphatic heterocycles. The first-order valence-corrected chi connectivity index (χ1v) is 9.35. The lowest BCUT2D eigenvalue weighted by molar-refractivity contribution is -0.141. The average Bonchev–Trinajstić information content (AvgIpc) is 3.12. The van der Waals surface area contributed by atoms with Gasteiger partial charge in [0.05, 0.1) is 5.56 Å². The molecule has 1 N–H and O–H groups in total. The van der Waals surface area contributed by atoms with E-state index in [9.17, 15) is 18.0 Å². The highest BCUT2D eigenvalue weighted by Gasteiger charge is 2.34. The number of halogens is 3. The molecular formula is C20H20F3N5O. The Bertz CT molecular complexity index is 1010. The molecule has 0 spiro atoms. The minimum Gasteiger partial charge on any atom is -0.356 e. The number of carbonyl (C=O) groups excluding carboxylic acids is 1. The van der Waals surface area contributed by atoms with Gasteiger partial charge in [0, 0.05) is 43.1 Å². The van der Waals surface area contributed by atoms with E-state index in [-0.39, 0.29) is 23.6 Å². The van der Waals surface area contributed by atoms with Crippen molar-refractivity contribution < 1.29 is 18.0 Å². The lowest BCUT2D eigenvalue weighted by Crippen LogP contribution is -2.45. The van der Waals surface area contributed by atoms with Gasteiger partial charge in [0.25, 0.3) is 5.91 Å². The molecule has 9 heteroatoms. The molecule has 0 radical (unpaired) electrons. The average molecular weight is 403 g/mol. The van der Waals surface area contributed by atoms with Crippen LogP contribution in [0.15, 0.2) is 42.7 Å². The minimum atomic E-state index is -4.50. The summed E-state index contributed by atoms with van der Waals surface area (Å²) in [6.45, 7) is 2.47. The van der Waals surface area contributed by atoms with Crippen molar-refractivity contribution in [2.24, 2.45) is 0 Å². The molecule has 0 bridgehead atoms. The number of hydrogen-bond donors (Lipinski definition) is 1. The van der Waals surface area contributed by atoms with E-state index in [1.54, 1.807) is 11.1 Å². The largest absolute Gasteiger partial charge is 0.433 e. The van der Waals surface area contributed by atoms with E-state index in [0.29, 0.717) is 31.5 Å². The van der Waals surface area contributed by atoms with Gasteiger partial charge < -0.3 is 14.6 Å². The predicted molar refractivity (Wildman–Crippen MR) is 102 cm³/mol. The molecule has 1 saturated heterocycles. The summed E-state index contributed by atoms with van der Waals surface area (Å²) in [5, 5.41) is 3.02. The molecule has 0 aliphatic carbocycles. The third-order valence-electron chi connectivity index (χ3n) is 5.04. The van der Waals surface area contributed by atoms with Crippen molar-refractivity contribution in [1.29, 1.82) is 0 Å². The number of aryl methyl sites for hydroxylation is 1. The molecule has 0 unspecified atom stereocenters. The summed E-state index contributed by atoms with van der Waals surface area (Å²) in [4.78, 5) is 22.0. The van der Waals surface area contributed by atoms with E-state index >= 15 is 0 Å². The highest BCUT2D eigenvalue weighted by atomic mass is 19.4. The van der Waals surface area contributed by atoms with Gasteiger partial charge in [0.1, 0.15) is 17.3 Å². The fraction of sp³-hybridized carbons (Fsp3) is 0.350. The van der Waals surface area contributed by atoms with Gasteiger partial charge in [0.2, 0.25) is 0 Å². The summed E-state index contributed by atoms with van der Waals surface area (Å²) >= 11 is 0. The summed E-state index contributed by atoms with van der Waals surface area (Å²) < 4.78 is 40.9. The number of fused-ring (bicyclic) bond motifs is 1. The molecule has 1 amide bonds. The Labute approximate surface area is 165 Å². The Morgan fingerprint density at radius 2 is 1.93 bits per heavy atom. The number of piperidine rings is 1. The van der Waals surface area contributed by atoms with E-state index in [1.807, 2.05) is 34.9 Å². The number of aromatic nitrogens is 3. The fourth-order valence-corrected chi connectivity index (χ4v) is 3.56. The monoisotopic (exact) mass is 403 g/mol. The first-order chi connectivity index (χ1) is 13.8. The van der Waals surface area contributed by atoms with Gasteiger partial charge in [-0.25, -0.2) is 9.97 Å². The summed E-state index contributed by atoms with van der Waals surface area (Å²) in [7, 11) is 0. The van der Waals surface area contributed by atoms with Crippen LogP contribution in [0.2, 0.25) is 0 Å². The van der Waals surface area contributed by atoms with E-state index in [4.69, 9.17) is 0 Å². The first-order valence-electron chi connectivity index (χ1n) is 9.35. The quantitative estimate of drug-likeness (QED) is 0.728. The highest BCUT2D eigenvalue weighted by Crippen LogP contribution is 2.30. The van der Waals surface area contributed by atoms with Gasteiger partial charge in [-0.1, -0.05) is 6.07 Å². The van der Waals surface area contributed by atoms with Crippen LogP contribution in [0, 0.1) is 6.92 Å². The van der Waals surface area contributed by atoms with Crippen molar-refractivity contribution in [1.82, 2.24) is 19.7 Å². The number of nitrogens with one attached hydrogen (secondary N) is 1. The number of pyridine rings is 1. The number of alkyl halides is 3. The molecule has 152 valence electrons. The number of amides is 1. The zero-order valence-electron chi connectivity index (χ0n) is 15.8. The molecule has 1 fully saturated rings. The van der Waals surface area contributed by atoms with E-state index in [2.05, 4.69) is 15.3 Å². The Kier molecular flexibility index (Phi) is 4.89. The van der Waals surface area contributed by atoms with Gasteiger partial charge in [-0.05, 0) is 38.0 Å². The Hall–Kier alpha value is -3.10. The van der Waals surface area contributed by atoms with Gasteiger partial charge in [-0.15, -0.1) is 0 Å². The van der Waals surface area contributed by atoms with Gasteiger partial charge in [-0.3, -0.25) is 4.79 Å². The zero-order valence-corrected chi connectivity index (χ0v) is 15.8. The maximum atomic E-state index is 13.0. The summed E-state index contributed by atoms with van der Waals surface area (Å²) in [5.41, 5.74) is 0.586. The van der Waals surface area contributed by atoms with Crippen molar-refractivity contribution >= 4 is 17.2 Å². The van der Waals surface area contributed by atoms with E-state index in [0.717, 1.165) is 11.6 Å². The van der Waals surface area contributed by atoms with Gasteiger partial charge in [0.15, 0.2) is 0 Å². The lowest BCUT2D eigenvalue weighted by atomic mass is 10.0. The lowest BCUT2D eigenvalue weighted by Gasteiger charge is -2.33. The SMILES string of the molecule is Cc1nc(N2CCC(NC(=O)c3cc4ccccn4c3)CC2)cc(C(F)(F)F)n1. The maximum Gasteiger partial charge on any atom is 0.433 e. The third-order valence-corrected chi connectivity index (χ3v) is 5.04. The minimum absolute atomic E-state index is 0.0354. The molecule has 3 aromatic rings. The van der Waals surface area contributed by atoms with Gasteiger partial charge >= 0.3 is 6.18 Å². The molecule has 6 nitrogen and oxygen atoms in total. The molecule has 0 aromatic carbocycles. The van der Waals surface area contributed by atoms with Crippen molar-refractivity contribution in [3.63, 3.8) is 0 Å². The smallest absolute Gasteiger partial charge is 0.356 e. The second-order valence-corrected chi connectivity index (χ2v) is 7.15. The highest BCUT2D eigenvalue weighted by molar-refractivity contribution is 5.95. The summed E-state index contributed by atoms with van der Waals surface area (Å²) in [5.74, 6) is 0.212. The van der Waals surface area contributed by atoms with Crippen LogP contribution in [0.5, 0.6) is 0 Å². The van der Waals surface area contributed by atoms with Crippen LogP contribution in [0.3, 0.4) is 0 Å². The molecule has 4 heterocycles. The Morgan fingerprint density at radius 1 is 1.17 bits per heavy atom. The number of carbonyl (C=O) groups is 1. The van der Waals surface area contributed by atoms with E-state index in [1.165, 1.54) is 6.92 Å². The number of rotatable bonds is 3. The standard InChI is InChI=1S/C20H20F3N5O/c1-13-24-17(20(21,22)23)11-18(25-13)27-8-5-15(6-9-27)26-19(29)14-10-16-4-2-3-7-28(16)12-14/h2-4,7,10-12,15H,5-6,8-9H2,1H3,(H,26,29). The third kappa shape index (κ3) is 4.18.